The number of hydrogen-bond donors (Lipinski definition) is 0. The Morgan fingerprint density at radius 2 is 1.69 bits per heavy atom. The van der Waals surface area contributed by atoms with Crippen molar-refractivity contribution < 1.29 is 23.8 Å². The average Bonchev–Trinajstić information content (AvgIpc) is 2.63. The molecular formula is C20H29NO5. The van der Waals surface area contributed by atoms with Gasteiger partial charge < -0.3 is 19.1 Å². The first-order chi connectivity index (χ1) is 12.5. The highest BCUT2D eigenvalue weighted by Gasteiger charge is 2.25. The number of carbonyl (C=O) groups is 2. The van der Waals surface area contributed by atoms with E-state index in [1.165, 1.54) is 0 Å². The van der Waals surface area contributed by atoms with Gasteiger partial charge >= 0.3 is 5.97 Å². The summed E-state index contributed by atoms with van der Waals surface area (Å²) >= 11 is 0. The van der Waals surface area contributed by atoms with Gasteiger partial charge in [-0.3, -0.25) is 9.59 Å². The van der Waals surface area contributed by atoms with Crippen molar-refractivity contribution in [3.05, 3.63) is 24.3 Å². The summed E-state index contributed by atoms with van der Waals surface area (Å²) in [5.74, 6) is 2.01. The number of amides is 1. The second-order valence-electron chi connectivity index (χ2n) is 7.03. The molecule has 144 valence electrons. The Balaban J connectivity index is 1.60. The number of ether oxygens (including phenoxy) is 3. The van der Waals surface area contributed by atoms with E-state index in [-0.39, 0.29) is 24.9 Å². The minimum Gasteiger partial charge on any atom is -0.497 e. The Labute approximate surface area is 155 Å². The zero-order valence-corrected chi connectivity index (χ0v) is 15.9. The first kappa shape index (κ1) is 20.1. The van der Waals surface area contributed by atoms with Gasteiger partial charge in [0.1, 0.15) is 11.5 Å². The first-order valence-electron chi connectivity index (χ1n) is 9.18. The second-order valence-corrected chi connectivity index (χ2v) is 7.03. The number of rotatable bonds is 8. The average molecular weight is 363 g/mol. The second kappa shape index (κ2) is 10.0. The van der Waals surface area contributed by atoms with Gasteiger partial charge in [0.25, 0.3) is 5.91 Å². The topological polar surface area (TPSA) is 65.1 Å². The lowest BCUT2D eigenvalue weighted by atomic mass is 9.92. The van der Waals surface area contributed by atoms with Crippen molar-refractivity contribution in [1.82, 2.24) is 4.90 Å². The molecular weight excluding hydrogens is 334 g/mol. The Hall–Kier alpha value is -2.24. The molecule has 0 aliphatic carbocycles. The van der Waals surface area contributed by atoms with Gasteiger partial charge in [-0.15, -0.1) is 0 Å². The lowest BCUT2D eigenvalue weighted by Gasteiger charge is -2.34. The van der Waals surface area contributed by atoms with E-state index in [1.54, 1.807) is 12.0 Å². The summed E-state index contributed by atoms with van der Waals surface area (Å²) in [6.07, 6.45) is 1.91. The molecule has 1 amide bonds. The Kier molecular flexibility index (Phi) is 7.75. The van der Waals surface area contributed by atoms with Gasteiger partial charge in [-0.2, -0.15) is 0 Å². The van der Waals surface area contributed by atoms with Gasteiger partial charge in [0.15, 0.2) is 6.61 Å². The molecule has 1 heterocycles. The summed E-state index contributed by atoms with van der Waals surface area (Å²) in [5.41, 5.74) is 0. The summed E-state index contributed by atoms with van der Waals surface area (Å²) < 4.78 is 15.7. The van der Waals surface area contributed by atoms with E-state index in [0.29, 0.717) is 24.9 Å². The predicted octanol–water partition coefficient (Wildman–Crippen LogP) is 2.90. The number of piperidine rings is 1. The molecule has 0 aromatic heterocycles. The number of esters is 1. The van der Waals surface area contributed by atoms with Gasteiger partial charge in [-0.25, -0.2) is 0 Å². The number of nitrogens with zero attached hydrogens (tertiary/aromatic N) is 1. The lowest BCUT2D eigenvalue weighted by molar-refractivity contribution is -0.153. The molecule has 1 aromatic carbocycles. The normalized spacial score (nSPS) is 19.7. The van der Waals surface area contributed by atoms with Crippen LogP contribution in [0.3, 0.4) is 0 Å². The molecule has 0 radical (unpaired) electrons. The lowest BCUT2D eigenvalue weighted by Crippen LogP contribution is -2.44. The molecule has 0 N–H and O–H groups in total. The quantitative estimate of drug-likeness (QED) is 0.525. The molecule has 1 saturated heterocycles. The molecule has 1 aromatic rings. The van der Waals surface area contributed by atoms with E-state index in [1.807, 2.05) is 24.3 Å². The van der Waals surface area contributed by atoms with Gasteiger partial charge in [-0.1, -0.05) is 13.8 Å². The number of methoxy groups -OCH3 is 1. The van der Waals surface area contributed by atoms with Crippen molar-refractivity contribution >= 4 is 11.9 Å². The van der Waals surface area contributed by atoms with Crippen LogP contribution in [-0.2, 0) is 14.3 Å². The van der Waals surface area contributed by atoms with E-state index in [2.05, 4.69) is 13.8 Å². The van der Waals surface area contributed by atoms with Crippen LogP contribution in [-0.4, -0.2) is 50.2 Å². The molecule has 2 unspecified atom stereocenters. The van der Waals surface area contributed by atoms with Crippen LogP contribution < -0.4 is 9.47 Å². The van der Waals surface area contributed by atoms with E-state index < -0.39 is 0 Å². The van der Waals surface area contributed by atoms with Crippen LogP contribution in [0.25, 0.3) is 0 Å². The van der Waals surface area contributed by atoms with Crippen LogP contribution in [0.2, 0.25) is 0 Å². The van der Waals surface area contributed by atoms with E-state index in [9.17, 15) is 9.59 Å². The standard InChI is InChI=1S/C20H29NO5/c1-15-11-16(2)13-21(12-15)19(22)14-26-20(23)5-4-10-25-18-8-6-17(24-3)7-9-18/h6-9,15-16H,4-5,10-14H2,1-3H3. The highest BCUT2D eigenvalue weighted by molar-refractivity contribution is 5.80. The van der Waals surface area contributed by atoms with Crippen molar-refractivity contribution in [3.63, 3.8) is 0 Å². The highest BCUT2D eigenvalue weighted by atomic mass is 16.5. The molecule has 6 heteroatoms. The molecule has 2 atom stereocenters. The summed E-state index contributed by atoms with van der Waals surface area (Å²) in [4.78, 5) is 25.8. The molecule has 1 aliphatic heterocycles. The third kappa shape index (κ3) is 6.58. The maximum Gasteiger partial charge on any atom is 0.306 e. The molecule has 2 rings (SSSR count). The van der Waals surface area contributed by atoms with Crippen LogP contribution in [0.1, 0.15) is 33.1 Å². The van der Waals surface area contributed by atoms with Gasteiger partial charge in [-0.05, 0) is 48.9 Å². The third-order valence-corrected chi connectivity index (χ3v) is 4.43. The fourth-order valence-electron chi connectivity index (χ4n) is 3.25. The van der Waals surface area contributed by atoms with Crippen molar-refractivity contribution in [2.75, 3.05) is 33.4 Å². The molecule has 26 heavy (non-hydrogen) atoms. The van der Waals surface area contributed by atoms with Crippen LogP contribution in [0.5, 0.6) is 11.5 Å². The number of hydrogen-bond acceptors (Lipinski definition) is 5. The van der Waals surface area contributed by atoms with Gasteiger partial charge in [0.2, 0.25) is 0 Å². The maximum absolute atomic E-state index is 12.2. The number of carbonyl (C=O) groups excluding carboxylic acids is 2. The van der Waals surface area contributed by atoms with Gasteiger partial charge in [0, 0.05) is 19.5 Å². The van der Waals surface area contributed by atoms with E-state index in [0.717, 1.165) is 31.0 Å². The third-order valence-electron chi connectivity index (χ3n) is 4.43. The largest absolute Gasteiger partial charge is 0.497 e. The molecule has 0 spiro atoms. The van der Waals surface area contributed by atoms with Gasteiger partial charge in [0.05, 0.1) is 13.7 Å². The summed E-state index contributed by atoms with van der Waals surface area (Å²) in [7, 11) is 1.61. The highest BCUT2D eigenvalue weighted by Crippen LogP contribution is 2.21. The van der Waals surface area contributed by atoms with Crippen LogP contribution in [0, 0.1) is 11.8 Å². The summed E-state index contributed by atoms with van der Waals surface area (Å²) in [6, 6.07) is 7.27. The Morgan fingerprint density at radius 3 is 2.31 bits per heavy atom. The predicted molar refractivity (Wildman–Crippen MR) is 98.2 cm³/mol. The fourth-order valence-corrected chi connectivity index (χ4v) is 3.25. The smallest absolute Gasteiger partial charge is 0.306 e. The summed E-state index contributed by atoms with van der Waals surface area (Å²) in [6.45, 7) is 6.02. The van der Waals surface area contributed by atoms with Crippen LogP contribution in [0.15, 0.2) is 24.3 Å². The zero-order chi connectivity index (χ0) is 18.9. The van der Waals surface area contributed by atoms with Crippen LogP contribution >= 0.6 is 0 Å². The molecule has 1 aliphatic rings. The van der Waals surface area contributed by atoms with Crippen molar-refractivity contribution in [2.45, 2.75) is 33.1 Å². The molecule has 1 fully saturated rings. The SMILES string of the molecule is COc1ccc(OCCCC(=O)OCC(=O)N2CC(C)CC(C)C2)cc1. The van der Waals surface area contributed by atoms with Crippen molar-refractivity contribution in [2.24, 2.45) is 11.8 Å². The zero-order valence-electron chi connectivity index (χ0n) is 15.9. The Bertz CT molecular complexity index is 576. The number of benzene rings is 1. The Morgan fingerprint density at radius 1 is 1.08 bits per heavy atom. The first-order valence-corrected chi connectivity index (χ1v) is 9.18. The minimum atomic E-state index is -0.366. The van der Waals surface area contributed by atoms with Crippen molar-refractivity contribution in [3.8, 4) is 11.5 Å². The molecule has 0 bridgehead atoms. The van der Waals surface area contributed by atoms with E-state index >= 15 is 0 Å². The monoisotopic (exact) mass is 363 g/mol. The van der Waals surface area contributed by atoms with Crippen LogP contribution in [0.4, 0.5) is 0 Å². The minimum absolute atomic E-state index is 0.105. The molecule has 0 saturated carbocycles. The maximum atomic E-state index is 12.2. The van der Waals surface area contributed by atoms with Crippen molar-refractivity contribution in [1.29, 1.82) is 0 Å². The molecule has 6 nitrogen and oxygen atoms in total. The van der Waals surface area contributed by atoms with E-state index in [4.69, 9.17) is 14.2 Å². The number of likely N-dealkylation sites (tertiary alicyclic amines) is 1. The summed E-state index contributed by atoms with van der Waals surface area (Å²) in [5, 5.41) is 0. The fraction of sp³-hybridized carbons (Fsp3) is 0.600.